The standard InChI is InChI=1S/C12H26O5Si/c1-8-10(13)11(14)9(17-16-8)7-15-18(5,6)12(2,3)4/h8-11,13-14H,7H2,1-6H3/t8-,9+,10-,11+/m1/s1. The van der Waals surface area contributed by atoms with E-state index in [1.807, 2.05) is 0 Å². The fourth-order valence-electron chi connectivity index (χ4n) is 1.40. The number of rotatable bonds is 3. The molecule has 1 heterocycles. The van der Waals surface area contributed by atoms with Crippen molar-refractivity contribution in [3.05, 3.63) is 0 Å². The predicted molar refractivity (Wildman–Crippen MR) is 70.6 cm³/mol. The van der Waals surface area contributed by atoms with E-state index in [9.17, 15) is 10.2 Å². The zero-order valence-corrected chi connectivity index (χ0v) is 13.1. The van der Waals surface area contributed by atoms with Crippen LogP contribution in [0.1, 0.15) is 27.7 Å². The molecule has 0 radical (unpaired) electrons. The van der Waals surface area contributed by atoms with Gasteiger partial charge in [-0.2, -0.15) is 0 Å². The molecule has 6 heteroatoms. The van der Waals surface area contributed by atoms with E-state index in [0.29, 0.717) is 0 Å². The Balaban J connectivity index is 2.54. The molecule has 1 rings (SSSR count). The van der Waals surface area contributed by atoms with E-state index in [4.69, 9.17) is 14.2 Å². The minimum atomic E-state index is -1.89. The van der Waals surface area contributed by atoms with Crippen LogP contribution in [-0.4, -0.2) is 49.6 Å². The van der Waals surface area contributed by atoms with Crippen LogP contribution in [0, 0.1) is 0 Å². The molecule has 1 fully saturated rings. The highest BCUT2D eigenvalue weighted by Gasteiger charge is 2.42. The molecule has 1 saturated heterocycles. The van der Waals surface area contributed by atoms with Crippen LogP contribution < -0.4 is 0 Å². The maximum absolute atomic E-state index is 9.89. The molecular formula is C12H26O5Si. The molecule has 0 unspecified atom stereocenters. The summed E-state index contributed by atoms with van der Waals surface area (Å²) in [5, 5.41) is 19.7. The average molecular weight is 278 g/mol. The summed E-state index contributed by atoms with van der Waals surface area (Å²) in [4.78, 5) is 10.0. The molecule has 1 aliphatic heterocycles. The lowest BCUT2D eigenvalue weighted by atomic mass is 10.0. The van der Waals surface area contributed by atoms with E-state index < -0.39 is 32.7 Å². The molecule has 0 aliphatic carbocycles. The van der Waals surface area contributed by atoms with Crippen molar-refractivity contribution in [2.45, 2.75) is 70.2 Å². The minimum absolute atomic E-state index is 0.0966. The van der Waals surface area contributed by atoms with Gasteiger partial charge in [-0.05, 0) is 25.1 Å². The first-order valence-corrected chi connectivity index (χ1v) is 9.29. The molecule has 5 nitrogen and oxygen atoms in total. The third-order valence-corrected chi connectivity index (χ3v) is 8.46. The second-order valence-corrected chi connectivity index (χ2v) is 11.3. The topological polar surface area (TPSA) is 68.2 Å². The van der Waals surface area contributed by atoms with Gasteiger partial charge >= 0.3 is 0 Å². The predicted octanol–water partition coefficient (Wildman–Crippen LogP) is 1.45. The Hall–Kier alpha value is 0.0169. The normalized spacial score (nSPS) is 34.7. The lowest BCUT2D eigenvalue weighted by Gasteiger charge is -2.39. The van der Waals surface area contributed by atoms with Gasteiger partial charge in [0, 0.05) is 0 Å². The van der Waals surface area contributed by atoms with Crippen LogP contribution in [-0.2, 0) is 14.2 Å². The quantitative estimate of drug-likeness (QED) is 0.604. The molecule has 0 saturated carbocycles. The molecule has 108 valence electrons. The van der Waals surface area contributed by atoms with E-state index in [0.717, 1.165) is 0 Å². The third kappa shape index (κ3) is 3.52. The highest BCUT2D eigenvalue weighted by Crippen LogP contribution is 2.37. The maximum atomic E-state index is 9.89. The molecule has 0 spiro atoms. The van der Waals surface area contributed by atoms with Crippen molar-refractivity contribution < 1.29 is 24.4 Å². The van der Waals surface area contributed by atoms with Crippen molar-refractivity contribution in [2.24, 2.45) is 0 Å². The first-order valence-electron chi connectivity index (χ1n) is 6.38. The highest BCUT2D eigenvalue weighted by molar-refractivity contribution is 6.74. The summed E-state index contributed by atoms with van der Waals surface area (Å²) in [6, 6.07) is 0. The number of hydrogen-bond acceptors (Lipinski definition) is 5. The molecule has 0 aromatic rings. The van der Waals surface area contributed by atoms with E-state index in [1.54, 1.807) is 6.92 Å². The summed E-state index contributed by atoms with van der Waals surface area (Å²) >= 11 is 0. The second kappa shape index (κ2) is 5.56. The van der Waals surface area contributed by atoms with Gasteiger partial charge in [0.2, 0.25) is 0 Å². The van der Waals surface area contributed by atoms with Crippen LogP contribution in [0.3, 0.4) is 0 Å². The van der Waals surface area contributed by atoms with Gasteiger partial charge in [0.15, 0.2) is 8.32 Å². The van der Waals surface area contributed by atoms with Gasteiger partial charge < -0.3 is 14.6 Å². The Morgan fingerprint density at radius 3 is 2.17 bits per heavy atom. The van der Waals surface area contributed by atoms with Crippen LogP contribution in [0.4, 0.5) is 0 Å². The van der Waals surface area contributed by atoms with Gasteiger partial charge in [0.1, 0.15) is 24.4 Å². The third-order valence-electron chi connectivity index (χ3n) is 3.96. The van der Waals surface area contributed by atoms with Gasteiger partial charge in [0.25, 0.3) is 0 Å². The first kappa shape index (κ1) is 16.1. The molecule has 1 aliphatic rings. The van der Waals surface area contributed by atoms with Crippen molar-refractivity contribution in [3.8, 4) is 0 Å². The molecule has 0 aromatic heterocycles. The summed E-state index contributed by atoms with van der Waals surface area (Å²) < 4.78 is 5.95. The largest absolute Gasteiger partial charge is 0.414 e. The Morgan fingerprint density at radius 2 is 1.67 bits per heavy atom. The Kier molecular flexibility index (Phi) is 4.97. The maximum Gasteiger partial charge on any atom is 0.192 e. The van der Waals surface area contributed by atoms with Crippen molar-refractivity contribution >= 4 is 8.32 Å². The van der Waals surface area contributed by atoms with Crippen LogP contribution in [0.15, 0.2) is 0 Å². The van der Waals surface area contributed by atoms with Crippen molar-refractivity contribution in [3.63, 3.8) is 0 Å². The van der Waals surface area contributed by atoms with E-state index in [-0.39, 0.29) is 11.6 Å². The average Bonchev–Trinajstić information content (AvgIpc) is 2.23. The molecular weight excluding hydrogens is 252 g/mol. The van der Waals surface area contributed by atoms with Gasteiger partial charge in [-0.1, -0.05) is 20.8 Å². The van der Waals surface area contributed by atoms with Crippen molar-refractivity contribution in [1.82, 2.24) is 0 Å². The molecule has 0 aromatic carbocycles. The van der Waals surface area contributed by atoms with Crippen molar-refractivity contribution in [2.75, 3.05) is 6.61 Å². The zero-order valence-electron chi connectivity index (χ0n) is 12.1. The second-order valence-electron chi connectivity index (χ2n) is 6.49. The molecule has 0 amide bonds. The van der Waals surface area contributed by atoms with E-state index >= 15 is 0 Å². The monoisotopic (exact) mass is 278 g/mol. The number of aliphatic hydroxyl groups excluding tert-OH is 2. The SMILES string of the molecule is C[C@H]1OO[C@@H](CO[Si](C)(C)C(C)(C)C)[C@H](O)[C@@H]1O. The summed E-state index contributed by atoms with van der Waals surface area (Å²) in [7, 11) is -1.89. The molecule has 4 atom stereocenters. The zero-order chi connectivity index (χ0) is 14.1. The van der Waals surface area contributed by atoms with E-state index in [2.05, 4.69) is 33.9 Å². The Labute approximate surface area is 110 Å². The minimum Gasteiger partial charge on any atom is -0.414 e. The van der Waals surface area contributed by atoms with E-state index in [1.165, 1.54) is 0 Å². The van der Waals surface area contributed by atoms with Gasteiger partial charge in [0.05, 0.1) is 6.61 Å². The van der Waals surface area contributed by atoms with Gasteiger partial charge in [-0.25, -0.2) is 9.78 Å². The molecule has 2 N–H and O–H groups in total. The number of aliphatic hydroxyl groups is 2. The van der Waals surface area contributed by atoms with Crippen LogP contribution in [0.2, 0.25) is 18.1 Å². The Bertz CT molecular complexity index is 276. The first-order chi connectivity index (χ1) is 8.06. The van der Waals surface area contributed by atoms with Gasteiger partial charge in [-0.15, -0.1) is 0 Å². The lowest BCUT2D eigenvalue weighted by Crippen LogP contribution is -2.54. The smallest absolute Gasteiger partial charge is 0.192 e. The Morgan fingerprint density at radius 1 is 1.11 bits per heavy atom. The van der Waals surface area contributed by atoms with Crippen LogP contribution in [0.5, 0.6) is 0 Å². The summed E-state index contributed by atoms with van der Waals surface area (Å²) in [5.74, 6) is 0. The van der Waals surface area contributed by atoms with Crippen molar-refractivity contribution in [1.29, 1.82) is 0 Å². The summed E-state index contributed by atoms with van der Waals surface area (Å²) in [5.41, 5.74) is 0. The van der Waals surface area contributed by atoms with Crippen LogP contribution in [0.25, 0.3) is 0 Å². The molecule has 18 heavy (non-hydrogen) atoms. The van der Waals surface area contributed by atoms with Gasteiger partial charge in [-0.3, -0.25) is 0 Å². The summed E-state index contributed by atoms with van der Waals surface area (Å²) in [6.07, 6.45) is -3.07. The fraction of sp³-hybridized carbons (Fsp3) is 1.00. The fourth-order valence-corrected chi connectivity index (χ4v) is 2.42. The van der Waals surface area contributed by atoms with Crippen LogP contribution >= 0.6 is 0 Å². The molecule has 0 bridgehead atoms. The number of hydrogen-bond donors (Lipinski definition) is 2. The highest BCUT2D eigenvalue weighted by atomic mass is 28.4. The lowest BCUT2D eigenvalue weighted by molar-refractivity contribution is -0.411. The summed E-state index contributed by atoms with van der Waals surface area (Å²) in [6.45, 7) is 12.6.